The molecule has 2 aromatic heterocycles. The van der Waals surface area contributed by atoms with Gasteiger partial charge in [0.25, 0.3) is 0 Å². The standard InChI is InChI=1S/C21H19Cl2N3O2S/c22-14-6-3-5-13(18(14)23)16-8-9-17(28-16)20-19(15-7-1-2-10-24-15)25-21(29)26(20)11-4-12-27/h1-3,5-10,19-20,27H,4,11-12H2,(H,25,29)/t19-,20+/m0/s1. The summed E-state index contributed by atoms with van der Waals surface area (Å²) in [5.74, 6) is 1.36. The fraction of sp³-hybridized carbons (Fsp3) is 0.238. The predicted molar refractivity (Wildman–Crippen MR) is 118 cm³/mol. The van der Waals surface area contributed by atoms with Crippen molar-refractivity contribution in [1.29, 1.82) is 0 Å². The number of aromatic nitrogens is 1. The summed E-state index contributed by atoms with van der Waals surface area (Å²) in [5, 5.41) is 14.2. The monoisotopic (exact) mass is 447 g/mol. The highest BCUT2D eigenvalue weighted by atomic mass is 35.5. The van der Waals surface area contributed by atoms with Crippen LogP contribution in [0.5, 0.6) is 0 Å². The smallest absolute Gasteiger partial charge is 0.170 e. The number of nitrogens with zero attached hydrogens (tertiary/aromatic N) is 2. The van der Waals surface area contributed by atoms with E-state index in [-0.39, 0.29) is 18.7 Å². The maximum absolute atomic E-state index is 9.31. The topological polar surface area (TPSA) is 61.5 Å². The minimum atomic E-state index is -0.198. The largest absolute Gasteiger partial charge is 0.459 e. The van der Waals surface area contributed by atoms with E-state index in [4.69, 9.17) is 39.8 Å². The molecule has 1 aliphatic heterocycles. The molecule has 150 valence electrons. The molecule has 8 heteroatoms. The van der Waals surface area contributed by atoms with Gasteiger partial charge in [-0.25, -0.2) is 0 Å². The van der Waals surface area contributed by atoms with Gasteiger partial charge in [0.2, 0.25) is 0 Å². The SMILES string of the molecule is OCCCN1C(=S)N[C@@H](c2ccccn2)[C@H]1c1ccc(-c2cccc(Cl)c2Cl)o1. The van der Waals surface area contributed by atoms with Crippen LogP contribution < -0.4 is 5.32 Å². The first-order valence-corrected chi connectivity index (χ1v) is 10.4. The van der Waals surface area contributed by atoms with Crippen LogP contribution in [0.2, 0.25) is 10.0 Å². The first-order chi connectivity index (χ1) is 14.1. The molecule has 0 unspecified atom stereocenters. The van der Waals surface area contributed by atoms with Crippen LogP contribution in [0.25, 0.3) is 11.3 Å². The zero-order chi connectivity index (χ0) is 20.4. The molecule has 0 amide bonds. The van der Waals surface area contributed by atoms with Crippen molar-refractivity contribution in [3.63, 3.8) is 0 Å². The van der Waals surface area contributed by atoms with Gasteiger partial charge in [0, 0.05) is 24.9 Å². The number of hydrogen-bond acceptors (Lipinski definition) is 4. The minimum Gasteiger partial charge on any atom is -0.459 e. The van der Waals surface area contributed by atoms with Crippen LogP contribution >= 0.6 is 35.4 Å². The lowest BCUT2D eigenvalue weighted by Gasteiger charge is -2.25. The molecule has 4 rings (SSSR count). The van der Waals surface area contributed by atoms with E-state index in [1.54, 1.807) is 12.3 Å². The Morgan fingerprint density at radius 2 is 2.00 bits per heavy atom. The molecule has 1 aliphatic rings. The van der Waals surface area contributed by atoms with Crippen molar-refractivity contribution in [2.45, 2.75) is 18.5 Å². The van der Waals surface area contributed by atoms with E-state index in [0.717, 1.165) is 17.0 Å². The summed E-state index contributed by atoms with van der Waals surface area (Å²) in [6, 6.07) is 14.7. The lowest BCUT2D eigenvalue weighted by Crippen LogP contribution is -2.30. The molecule has 1 aromatic carbocycles. The summed E-state index contributed by atoms with van der Waals surface area (Å²) in [5.41, 5.74) is 1.60. The summed E-state index contributed by atoms with van der Waals surface area (Å²) >= 11 is 18.1. The number of pyridine rings is 1. The number of rotatable bonds is 6. The highest BCUT2D eigenvalue weighted by molar-refractivity contribution is 7.80. The van der Waals surface area contributed by atoms with Crippen LogP contribution in [0, 0.1) is 0 Å². The maximum Gasteiger partial charge on any atom is 0.170 e. The number of aliphatic hydroxyl groups is 1. The van der Waals surface area contributed by atoms with E-state index in [0.29, 0.717) is 33.9 Å². The number of nitrogens with one attached hydrogen (secondary N) is 1. The second-order valence-electron chi connectivity index (χ2n) is 6.70. The van der Waals surface area contributed by atoms with Gasteiger partial charge in [0.1, 0.15) is 17.6 Å². The van der Waals surface area contributed by atoms with Gasteiger partial charge >= 0.3 is 0 Å². The van der Waals surface area contributed by atoms with Crippen molar-refractivity contribution >= 4 is 40.5 Å². The molecule has 2 N–H and O–H groups in total. The average Bonchev–Trinajstić information content (AvgIpc) is 3.33. The first-order valence-electron chi connectivity index (χ1n) is 9.23. The molecule has 3 aromatic rings. The summed E-state index contributed by atoms with van der Waals surface area (Å²) in [6.45, 7) is 0.686. The van der Waals surface area contributed by atoms with Crippen LogP contribution in [-0.4, -0.2) is 33.3 Å². The van der Waals surface area contributed by atoms with Gasteiger partial charge in [-0.15, -0.1) is 0 Å². The number of thiocarbonyl (C=S) groups is 1. The Morgan fingerprint density at radius 1 is 1.14 bits per heavy atom. The Kier molecular flexibility index (Phi) is 6.06. The molecule has 2 atom stereocenters. The molecule has 29 heavy (non-hydrogen) atoms. The molecule has 0 bridgehead atoms. The molecule has 0 radical (unpaired) electrons. The molecule has 1 fully saturated rings. The number of furan rings is 1. The first kappa shape index (κ1) is 20.2. The van der Waals surface area contributed by atoms with Crippen LogP contribution in [0.15, 0.2) is 59.1 Å². The van der Waals surface area contributed by atoms with E-state index in [1.165, 1.54) is 0 Å². The molecule has 0 saturated carbocycles. The number of halogens is 2. The third kappa shape index (κ3) is 3.98. The van der Waals surface area contributed by atoms with E-state index >= 15 is 0 Å². The number of benzene rings is 1. The number of aliphatic hydroxyl groups excluding tert-OH is 1. The average molecular weight is 448 g/mol. The Hall–Kier alpha value is -2.12. The summed E-state index contributed by atoms with van der Waals surface area (Å²) in [6.07, 6.45) is 2.35. The van der Waals surface area contributed by atoms with Crippen molar-refractivity contribution < 1.29 is 9.52 Å². The van der Waals surface area contributed by atoms with E-state index in [1.807, 2.05) is 47.4 Å². The van der Waals surface area contributed by atoms with Crippen molar-refractivity contribution in [1.82, 2.24) is 15.2 Å². The molecule has 1 saturated heterocycles. The van der Waals surface area contributed by atoms with Gasteiger partial charge in [-0.2, -0.15) is 0 Å². The summed E-state index contributed by atoms with van der Waals surface area (Å²) in [4.78, 5) is 6.53. The fourth-order valence-electron chi connectivity index (χ4n) is 3.55. The highest BCUT2D eigenvalue weighted by Gasteiger charge is 2.41. The second kappa shape index (κ2) is 8.71. The van der Waals surface area contributed by atoms with Crippen molar-refractivity contribution in [2.24, 2.45) is 0 Å². The van der Waals surface area contributed by atoms with Crippen LogP contribution in [0.4, 0.5) is 0 Å². The maximum atomic E-state index is 9.31. The minimum absolute atomic E-state index is 0.0849. The van der Waals surface area contributed by atoms with Crippen LogP contribution in [0.3, 0.4) is 0 Å². The van der Waals surface area contributed by atoms with Crippen molar-refractivity contribution in [3.05, 3.63) is 76.2 Å². The van der Waals surface area contributed by atoms with Crippen molar-refractivity contribution in [3.8, 4) is 11.3 Å². The lowest BCUT2D eigenvalue weighted by molar-refractivity contribution is 0.233. The molecule has 0 spiro atoms. The van der Waals surface area contributed by atoms with Gasteiger partial charge in [0.05, 0.1) is 21.8 Å². The zero-order valence-corrected chi connectivity index (χ0v) is 17.7. The lowest BCUT2D eigenvalue weighted by atomic mass is 10.0. The van der Waals surface area contributed by atoms with E-state index in [9.17, 15) is 5.11 Å². The molecule has 0 aliphatic carbocycles. The fourth-order valence-corrected chi connectivity index (χ4v) is 4.27. The second-order valence-corrected chi connectivity index (χ2v) is 7.87. The van der Waals surface area contributed by atoms with Gasteiger partial charge in [-0.1, -0.05) is 35.3 Å². The van der Waals surface area contributed by atoms with Crippen LogP contribution in [0.1, 0.15) is 30.0 Å². The van der Waals surface area contributed by atoms with Gasteiger partial charge in [0.15, 0.2) is 5.11 Å². The Labute approximate surface area is 184 Å². The highest BCUT2D eigenvalue weighted by Crippen LogP contribution is 2.41. The summed E-state index contributed by atoms with van der Waals surface area (Å²) < 4.78 is 6.23. The normalized spacial score (nSPS) is 18.9. The zero-order valence-electron chi connectivity index (χ0n) is 15.4. The summed E-state index contributed by atoms with van der Waals surface area (Å²) in [7, 11) is 0. The molecule has 5 nitrogen and oxygen atoms in total. The predicted octanol–water partition coefficient (Wildman–Crippen LogP) is 5.00. The van der Waals surface area contributed by atoms with Crippen LogP contribution in [-0.2, 0) is 0 Å². The Morgan fingerprint density at radius 3 is 2.76 bits per heavy atom. The van der Waals surface area contributed by atoms with E-state index in [2.05, 4.69) is 10.3 Å². The molecular weight excluding hydrogens is 429 g/mol. The molecule has 3 heterocycles. The number of hydrogen-bond donors (Lipinski definition) is 2. The van der Waals surface area contributed by atoms with Gasteiger partial charge < -0.3 is 19.7 Å². The third-order valence-electron chi connectivity index (χ3n) is 4.89. The third-order valence-corrected chi connectivity index (χ3v) is 6.06. The van der Waals surface area contributed by atoms with Gasteiger partial charge in [-0.3, -0.25) is 4.98 Å². The Bertz CT molecular complexity index is 1010. The van der Waals surface area contributed by atoms with Gasteiger partial charge in [-0.05, 0) is 55.0 Å². The quantitative estimate of drug-likeness (QED) is 0.518. The van der Waals surface area contributed by atoms with E-state index < -0.39 is 0 Å². The Balaban J connectivity index is 1.73. The molecular formula is C21H19Cl2N3O2S. The van der Waals surface area contributed by atoms with Crippen molar-refractivity contribution in [2.75, 3.05) is 13.2 Å².